The number of carbonyl (C=O) groups excluding carboxylic acids is 1. The number of carboxylic acids is 1. The molecular weight excluding hydrogens is 254 g/mol. The highest BCUT2D eigenvalue weighted by molar-refractivity contribution is 5.86. The molecule has 1 atom stereocenters. The van der Waals surface area contributed by atoms with E-state index < -0.39 is 11.9 Å². The molecule has 1 fully saturated rings. The Morgan fingerprint density at radius 2 is 2.15 bits per heavy atom. The molecule has 108 valence electrons. The molecule has 1 N–H and O–H groups in total. The van der Waals surface area contributed by atoms with E-state index in [2.05, 4.69) is 32.0 Å². The number of likely N-dealkylation sites (tertiary alicyclic amines) is 1. The average Bonchev–Trinajstić information content (AvgIpc) is 2.73. The summed E-state index contributed by atoms with van der Waals surface area (Å²) in [6.45, 7) is 7.12. The van der Waals surface area contributed by atoms with Crippen LogP contribution >= 0.6 is 0 Å². The lowest BCUT2D eigenvalue weighted by atomic mass is 9.97. The van der Waals surface area contributed by atoms with E-state index in [-0.39, 0.29) is 12.3 Å². The van der Waals surface area contributed by atoms with Gasteiger partial charge in [-0.3, -0.25) is 9.59 Å². The number of nitrogens with zero attached hydrogens (tertiary/aromatic N) is 1. The zero-order chi connectivity index (χ0) is 14.9. The van der Waals surface area contributed by atoms with E-state index in [4.69, 9.17) is 5.11 Å². The molecule has 2 rings (SSSR count). The summed E-state index contributed by atoms with van der Waals surface area (Å²) < 4.78 is 0. The summed E-state index contributed by atoms with van der Waals surface area (Å²) in [4.78, 5) is 24.5. The molecule has 1 aromatic carbocycles. The first-order chi connectivity index (χ1) is 9.38. The van der Waals surface area contributed by atoms with Crippen LogP contribution in [0.1, 0.15) is 42.9 Å². The second-order valence-electron chi connectivity index (χ2n) is 5.85. The highest BCUT2D eigenvalue weighted by Crippen LogP contribution is 2.24. The van der Waals surface area contributed by atoms with Crippen LogP contribution in [0.3, 0.4) is 0 Å². The zero-order valence-corrected chi connectivity index (χ0v) is 12.2. The summed E-state index contributed by atoms with van der Waals surface area (Å²) in [5.74, 6) is -1.06. The minimum absolute atomic E-state index is 0.0632. The van der Waals surface area contributed by atoms with E-state index in [1.54, 1.807) is 4.90 Å². The van der Waals surface area contributed by atoms with Crippen LogP contribution in [-0.2, 0) is 16.1 Å². The number of aryl methyl sites for hydroxylation is 1. The van der Waals surface area contributed by atoms with Crippen molar-refractivity contribution in [3.8, 4) is 0 Å². The van der Waals surface area contributed by atoms with Gasteiger partial charge in [0.25, 0.3) is 0 Å². The summed E-state index contributed by atoms with van der Waals surface area (Å²) >= 11 is 0. The first kappa shape index (κ1) is 14.6. The van der Waals surface area contributed by atoms with Crippen molar-refractivity contribution in [3.05, 3.63) is 34.9 Å². The number of carboxylic acid groups (broad SMARTS) is 1. The van der Waals surface area contributed by atoms with Crippen molar-refractivity contribution in [2.75, 3.05) is 6.54 Å². The number of rotatable bonds is 4. The third-order valence-corrected chi connectivity index (χ3v) is 3.96. The Balaban J connectivity index is 2.16. The van der Waals surface area contributed by atoms with Gasteiger partial charge in [0.1, 0.15) is 0 Å². The Labute approximate surface area is 119 Å². The molecule has 0 radical (unpaired) electrons. The molecule has 1 aromatic rings. The maximum absolute atomic E-state index is 11.9. The Morgan fingerprint density at radius 3 is 2.70 bits per heavy atom. The van der Waals surface area contributed by atoms with Crippen LogP contribution in [0.15, 0.2) is 18.2 Å². The van der Waals surface area contributed by atoms with Gasteiger partial charge in [0, 0.05) is 19.5 Å². The standard InChI is InChI=1S/C16H21NO3/c1-10(2)12-5-4-11(3)13(6-12)8-17-9-14(16(19)20)7-15(17)18/h4-6,10,14H,7-9H2,1-3H3,(H,19,20). The zero-order valence-electron chi connectivity index (χ0n) is 12.2. The predicted octanol–water partition coefficient (Wildman–Crippen LogP) is 2.55. The normalized spacial score (nSPS) is 18.9. The van der Waals surface area contributed by atoms with Crippen LogP contribution in [0, 0.1) is 12.8 Å². The summed E-state index contributed by atoms with van der Waals surface area (Å²) in [6.07, 6.45) is 0.123. The van der Waals surface area contributed by atoms with Gasteiger partial charge in [-0.2, -0.15) is 0 Å². The minimum Gasteiger partial charge on any atom is -0.481 e. The smallest absolute Gasteiger partial charge is 0.308 e. The molecule has 4 heteroatoms. The number of carbonyl (C=O) groups is 2. The van der Waals surface area contributed by atoms with E-state index in [1.165, 1.54) is 5.56 Å². The maximum atomic E-state index is 11.9. The van der Waals surface area contributed by atoms with E-state index in [0.29, 0.717) is 19.0 Å². The molecule has 0 aliphatic carbocycles. The molecule has 1 amide bonds. The fourth-order valence-corrected chi connectivity index (χ4v) is 2.52. The Bertz CT molecular complexity index is 537. The average molecular weight is 275 g/mol. The molecule has 20 heavy (non-hydrogen) atoms. The van der Waals surface area contributed by atoms with E-state index in [9.17, 15) is 9.59 Å². The fraction of sp³-hybridized carbons (Fsp3) is 0.500. The summed E-state index contributed by atoms with van der Waals surface area (Å²) in [6, 6.07) is 6.30. The lowest BCUT2D eigenvalue weighted by Crippen LogP contribution is -2.26. The van der Waals surface area contributed by atoms with Crippen molar-refractivity contribution in [3.63, 3.8) is 0 Å². The second-order valence-corrected chi connectivity index (χ2v) is 5.85. The van der Waals surface area contributed by atoms with Gasteiger partial charge in [-0.15, -0.1) is 0 Å². The molecule has 1 aliphatic heterocycles. The quantitative estimate of drug-likeness (QED) is 0.918. The van der Waals surface area contributed by atoms with Crippen LogP contribution in [0.2, 0.25) is 0 Å². The molecule has 0 spiro atoms. The van der Waals surface area contributed by atoms with Crippen molar-refractivity contribution in [2.24, 2.45) is 5.92 Å². The molecule has 1 saturated heterocycles. The van der Waals surface area contributed by atoms with Crippen LogP contribution in [0.5, 0.6) is 0 Å². The summed E-state index contributed by atoms with van der Waals surface area (Å²) in [7, 11) is 0. The Hall–Kier alpha value is -1.84. The van der Waals surface area contributed by atoms with Crippen molar-refractivity contribution in [2.45, 2.75) is 39.7 Å². The Kier molecular flexibility index (Phi) is 4.12. The number of hydrogen-bond donors (Lipinski definition) is 1. The van der Waals surface area contributed by atoms with Crippen molar-refractivity contribution in [1.82, 2.24) is 4.90 Å². The fourth-order valence-electron chi connectivity index (χ4n) is 2.52. The minimum atomic E-state index is -0.881. The molecule has 4 nitrogen and oxygen atoms in total. The largest absolute Gasteiger partial charge is 0.481 e. The van der Waals surface area contributed by atoms with Crippen LogP contribution in [0.25, 0.3) is 0 Å². The third kappa shape index (κ3) is 3.00. The van der Waals surface area contributed by atoms with Crippen LogP contribution in [0.4, 0.5) is 0 Å². The second kappa shape index (κ2) is 5.65. The van der Waals surface area contributed by atoms with Gasteiger partial charge in [-0.05, 0) is 29.5 Å². The van der Waals surface area contributed by atoms with Crippen LogP contribution < -0.4 is 0 Å². The molecule has 0 bridgehead atoms. The Morgan fingerprint density at radius 1 is 1.45 bits per heavy atom. The molecule has 1 heterocycles. The third-order valence-electron chi connectivity index (χ3n) is 3.96. The van der Waals surface area contributed by atoms with Crippen molar-refractivity contribution in [1.29, 1.82) is 0 Å². The molecular formula is C16H21NO3. The molecule has 0 saturated carbocycles. The van der Waals surface area contributed by atoms with Gasteiger partial charge in [-0.1, -0.05) is 32.0 Å². The van der Waals surface area contributed by atoms with E-state index >= 15 is 0 Å². The van der Waals surface area contributed by atoms with Gasteiger partial charge < -0.3 is 10.0 Å². The summed E-state index contributed by atoms with van der Waals surface area (Å²) in [5.41, 5.74) is 3.49. The highest BCUT2D eigenvalue weighted by Gasteiger charge is 2.34. The molecule has 1 aliphatic rings. The van der Waals surface area contributed by atoms with Crippen molar-refractivity contribution < 1.29 is 14.7 Å². The van der Waals surface area contributed by atoms with Crippen LogP contribution in [-0.4, -0.2) is 28.4 Å². The highest BCUT2D eigenvalue weighted by atomic mass is 16.4. The van der Waals surface area contributed by atoms with Gasteiger partial charge in [0.2, 0.25) is 5.91 Å². The molecule has 1 unspecified atom stereocenters. The predicted molar refractivity (Wildman–Crippen MR) is 76.4 cm³/mol. The lowest BCUT2D eigenvalue weighted by Gasteiger charge is -2.19. The van der Waals surface area contributed by atoms with Gasteiger partial charge in [-0.25, -0.2) is 0 Å². The SMILES string of the molecule is Cc1ccc(C(C)C)cc1CN1CC(C(=O)O)CC1=O. The topological polar surface area (TPSA) is 57.6 Å². The van der Waals surface area contributed by atoms with Gasteiger partial charge in [0.15, 0.2) is 0 Å². The summed E-state index contributed by atoms with van der Waals surface area (Å²) in [5, 5.41) is 9.01. The van der Waals surface area contributed by atoms with Crippen molar-refractivity contribution >= 4 is 11.9 Å². The number of benzene rings is 1. The monoisotopic (exact) mass is 275 g/mol. The number of aliphatic carboxylic acids is 1. The van der Waals surface area contributed by atoms with Gasteiger partial charge >= 0.3 is 5.97 Å². The maximum Gasteiger partial charge on any atom is 0.308 e. The number of hydrogen-bond acceptors (Lipinski definition) is 2. The lowest BCUT2D eigenvalue weighted by molar-refractivity contribution is -0.141. The van der Waals surface area contributed by atoms with Gasteiger partial charge in [0.05, 0.1) is 5.92 Å². The first-order valence-corrected chi connectivity index (χ1v) is 6.98. The van der Waals surface area contributed by atoms with E-state index in [1.807, 2.05) is 6.92 Å². The first-order valence-electron chi connectivity index (χ1n) is 6.98. The number of amides is 1. The molecule has 0 aromatic heterocycles. The van der Waals surface area contributed by atoms with E-state index in [0.717, 1.165) is 11.1 Å².